The van der Waals surface area contributed by atoms with E-state index in [0.717, 1.165) is 17.1 Å². The summed E-state index contributed by atoms with van der Waals surface area (Å²) in [7, 11) is 0. The minimum Gasteiger partial charge on any atom is -0.358 e. The number of amides is 1. The number of hydrogen-bond acceptors (Lipinski definition) is 3. The van der Waals surface area contributed by atoms with Gasteiger partial charge in [-0.25, -0.2) is 4.98 Å². The van der Waals surface area contributed by atoms with Crippen molar-refractivity contribution in [3.8, 4) is 0 Å². The van der Waals surface area contributed by atoms with Crippen LogP contribution in [0.1, 0.15) is 33.5 Å². The molecular weight excluding hydrogens is 300 g/mol. The summed E-state index contributed by atoms with van der Waals surface area (Å²) in [5.41, 5.74) is 3.82. The van der Waals surface area contributed by atoms with E-state index in [1.807, 2.05) is 29.2 Å². The average Bonchev–Trinajstić information content (AvgIpc) is 3.13. The average molecular weight is 318 g/mol. The van der Waals surface area contributed by atoms with Gasteiger partial charge in [-0.05, 0) is 24.6 Å². The van der Waals surface area contributed by atoms with Gasteiger partial charge in [0.25, 0.3) is 5.91 Å². The Balaban J connectivity index is 1.73. The second kappa shape index (κ2) is 5.85. The largest absolute Gasteiger partial charge is 0.358 e. The Morgan fingerprint density at radius 1 is 1.12 bits per heavy atom. The third-order valence-electron chi connectivity index (χ3n) is 4.27. The molecule has 2 N–H and O–H groups in total. The first-order valence-corrected chi connectivity index (χ1v) is 7.94. The van der Waals surface area contributed by atoms with Crippen LogP contribution in [-0.2, 0) is 6.54 Å². The number of nitrogens with zero attached hydrogens (tertiary/aromatic N) is 2. The fourth-order valence-electron chi connectivity index (χ4n) is 2.99. The maximum atomic E-state index is 13.0. The smallest absolute Gasteiger partial charge is 0.258 e. The maximum absolute atomic E-state index is 13.0. The molecule has 24 heavy (non-hydrogen) atoms. The second-order valence-electron chi connectivity index (χ2n) is 5.99. The number of carbonyl (C=O) groups excluding carboxylic acids is 1. The Hall–Kier alpha value is -3.08. The Morgan fingerprint density at radius 2 is 1.92 bits per heavy atom. The van der Waals surface area contributed by atoms with Gasteiger partial charge in [0.15, 0.2) is 6.17 Å². The highest BCUT2D eigenvalue weighted by molar-refractivity contribution is 6.01. The highest BCUT2D eigenvalue weighted by Crippen LogP contribution is 2.32. The van der Waals surface area contributed by atoms with Crippen molar-refractivity contribution in [1.29, 1.82) is 0 Å². The van der Waals surface area contributed by atoms with Gasteiger partial charge in [-0.3, -0.25) is 4.79 Å². The summed E-state index contributed by atoms with van der Waals surface area (Å²) in [5.74, 6) is 0.733. The Morgan fingerprint density at radius 3 is 2.67 bits per heavy atom. The fraction of sp³-hybridized carbons (Fsp3) is 0.158. The number of fused-ring (bicyclic) bond motifs is 1. The number of aryl methyl sites for hydroxylation is 1. The van der Waals surface area contributed by atoms with E-state index < -0.39 is 0 Å². The van der Waals surface area contributed by atoms with E-state index in [0.29, 0.717) is 12.1 Å². The molecular formula is C19H18N4O. The number of anilines is 1. The predicted molar refractivity (Wildman–Crippen MR) is 92.4 cm³/mol. The number of carbonyl (C=O) groups is 1. The minimum atomic E-state index is -0.316. The van der Waals surface area contributed by atoms with Crippen molar-refractivity contribution in [1.82, 2.24) is 14.9 Å². The number of benzene rings is 2. The normalized spacial score (nSPS) is 16.6. The molecule has 120 valence electrons. The molecule has 1 amide bonds. The Bertz CT molecular complexity index is 855. The van der Waals surface area contributed by atoms with Gasteiger partial charge in [0.2, 0.25) is 0 Å². The monoisotopic (exact) mass is 318 g/mol. The summed E-state index contributed by atoms with van der Waals surface area (Å²) in [6.45, 7) is 2.57. The summed E-state index contributed by atoms with van der Waals surface area (Å²) >= 11 is 0. The van der Waals surface area contributed by atoms with Crippen molar-refractivity contribution < 1.29 is 4.79 Å². The predicted octanol–water partition coefficient (Wildman–Crippen LogP) is 3.48. The zero-order valence-corrected chi connectivity index (χ0v) is 13.4. The van der Waals surface area contributed by atoms with Gasteiger partial charge >= 0.3 is 0 Å². The van der Waals surface area contributed by atoms with Crippen LogP contribution in [0.2, 0.25) is 0 Å². The molecule has 0 saturated heterocycles. The van der Waals surface area contributed by atoms with E-state index in [-0.39, 0.29) is 12.1 Å². The number of para-hydroxylation sites is 1. The van der Waals surface area contributed by atoms with Crippen LogP contribution >= 0.6 is 0 Å². The van der Waals surface area contributed by atoms with Crippen molar-refractivity contribution in [2.45, 2.75) is 19.6 Å². The van der Waals surface area contributed by atoms with Crippen LogP contribution in [0.25, 0.3) is 0 Å². The van der Waals surface area contributed by atoms with E-state index in [1.54, 1.807) is 12.4 Å². The van der Waals surface area contributed by atoms with Crippen LogP contribution < -0.4 is 5.32 Å². The first kappa shape index (κ1) is 14.5. The van der Waals surface area contributed by atoms with Crippen LogP contribution in [0.3, 0.4) is 0 Å². The molecule has 0 fully saturated rings. The first-order valence-electron chi connectivity index (χ1n) is 7.94. The minimum absolute atomic E-state index is 0.00586. The SMILES string of the molecule is Cc1ccc(CN2C(=O)c3ccccc3NC2c2ncc[nH]2)cc1. The van der Waals surface area contributed by atoms with Gasteiger partial charge in [0.1, 0.15) is 5.82 Å². The summed E-state index contributed by atoms with van der Waals surface area (Å²) < 4.78 is 0. The quantitative estimate of drug-likeness (QED) is 0.777. The second-order valence-corrected chi connectivity index (χ2v) is 5.99. The Kier molecular flexibility index (Phi) is 3.54. The number of imidazole rings is 1. The maximum Gasteiger partial charge on any atom is 0.258 e. The van der Waals surface area contributed by atoms with Gasteiger partial charge in [-0.2, -0.15) is 0 Å². The lowest BCUT2D eigenvalue weighted by molar-refractivity contribution is 0.0659. The van der Waals surface area contributed by atoms with Gasteiger partial charge in [0, 0.05) is 24.6 Å². The van der Waals surface area contributed by atoms with Crippen LogP contribution in [0.4, 0.5) is 5.69 Å². The molecule has 0 bridgehead atoms. The Labute approximate surface area is 140 Å². The number of nitrogens with one attached hydrogen (secondary N) is 2. The fourth-order valence-corrected chi connectivity index (χ4v) is 2.99. The lowest BCUT2D eigenvalue weighted by atomic mass is 10.1. The van der Waals surface area contributed by atoms with Gasteiger partial charge in [-0.15, -0.1) is 0 Å². The van der Waals surface area contributed by atoms with Gasteiger partial charge in [-0.1, -0.05) is 42.0 Å². The van der Waals surface area contributed by atoms with Gasteiger partial charge < -0.3 is 15.2 Å². The highest BCUT2D eigenvalue weighted by atomic mass is 16.2. The van der Waals surface area contributed by atoms with Crippen molar-refractivity contribution in [3.05, 3.63) is 83.4 Å². The van der Waals surface area contributed by atoms with E-state index in [1.165, 1.54) is 5.56 Å². The number of aromatic amines is 1. The summed E-state index contributed by atoms with van der Waals surface area (Å²) in [6.07, 6.45) is 3.15. The van der Waals surface area contributed by atoms with E-state index in [4.69, 9.17) is 0 Å². The molecule has 5 heteroatoms. The molecule has 1 aliphatic rings. The zero-order valence-electron chi connectivity index (χ0n) is 13.4. The number of aromatic nitrogens is 2. The zero-order chi connectivity index (χ0) is 16.5. The van der Waals surface area contributed by atoms with Crippen LogP contribution in [-0.4, -0.2) is 20.8 Å². The molecule has 5 nitrogen and oxygen atoms in total. The molecule has 3 aromatic rings. The molecule has 1 aromatic heterocycles. The molecule has 0 aliphatic carbocycles. The molecule has 1 unspecified atom stereocenters. The van der Waals surface area contributed by atoms with Crippen LogP contribution in [0.5, 0.6) is 0 Å². The van der Waals surface area contributed by atoms with Crippen molar-refractivity contribution in [2.75, 3.05) is 5.32 Å². The molecule has 0 spiro atoms. The van der Waals surface area contributed by atoms with Crippen LogP contribution in [0, 0.1) is 6.92 Å². The molecule has 1 aliphatic heterocycles. The van der Waals surface area contributed by atoms with Crippen molar-refractivity contribution in [2.24, 2.45) is 0 Å². The van der Waals surface area contributed by atoms with E-state index >= 15 is 0 Å². The summed E-state index contributed by atoms with van der Waals surface area (Å²) in [5, 5.41) is 3.42. The molecule has 2 heterocycles. The number of H-pyrrole nitrogens is 1. The molecule has 2 aromatic carbocycles. The van der Waals surface area contributed by atoms with Crippen LogP contribution in [0.15, 0.2) is 60.9 Å². The van der Waals surface area contributed by atoms with Crippen molar-refractivity contribution >= 4 is 11.6 Å². The van der Waals surface area contributed by atoms with Gasteiger partial charge in [0.05, 0.1) is 5.56 Å². The lowest BCUT2D eigenvalue weighted by Crippen LogP contribution is -2.42. The first-order chi connectivity index (χ1) is 11.7. The van der Waals surface area contributed by atoms with E-state index in [2.05, 4.69) is 46.5 Å². The molecule has 4 rings (SSSR count). The third kappa shape index (κ3) is 2.54. The topological polar surface area (TPSA) is 61.0 Å². The van der Waals surface area contributed by atoms with E-state index in [9.17, 15) is 4.79 Å². The standard InChI is InChI=1S/C19H18N4O/c1-13-6-8-14(9-7-13)12-23-18(17-20-10-11-21-17)22-16-5-3-2-4-15(16)19(23)24/h2-11,18,22H,12H2,1H3,(H,20,21). The third-order valence-corrected chi connectivity index (χ3v) is 4.27. The van der Waals surface area contributed by atoms with Crippen molar-refractivity contribution in [3.63, 3.8) is 0 Å². The number of rotatable bonds is 3. The summed E-state index contributed by atoms with van der Waals surface area (Å²) in [4.78, 5) is 22.3. The number of hydrogen-bond donors (Lipinski definition) is 2. The molecule has 1 atom stereocenters. The molecule has 0 radical (unpaired) electrons. The lowest BCUT2D eigenvalue weighted by Gasteiger charge is -2.36. The highest BCUT2D eigenvalue weighted by Gasteiger charge is 2.34. The molecule has 0 saturated carbocycles. The summed E-state index contributed by atoms with van der Waals surface area (Å²) in [6, 6.07) is 15.8.